The molecule has 2 aromatic rings. The van der Waals surface area contributed by atoms with Crippen LogP contribution in [-0.4, -0.2) is 25.2 Å². The largest absolute Gasteiger partial charge is 0.448 e. The van der Waals surface area contributed by atoms with Crippen LogP contribution in [0.4, 0.5) is 13.2 Å². The van der Waals surface area contributed by atoms with E-state index in [4.69, 9.17) is 4.74 Å². The van der Waals surface area contributed by atoms with E-state index in [2.05, 4.69) is 0 Å². The van der Waals surface area contributed by atoms with Gasteiger partial charge in [0.15, 0.2) is 6.10 Å². The normalized spacial score (nSPS) is 25.6. The molecule has 0 spiro atoms. The topological polar surface area (TPSA) is 30.7 Å². The first-order chi connectivity index (χ1) is 13.0. The highest BCUT2D eigenvalue weighted by Crippen LogP contribution is 2.29. The summed E-state index contributed by atoms with van der Waals surface area (Å²) in [5, 5.41) is 0. The van der Waals surface area contributed by atoms with Crippen molar-refractivity contribution in [2.45, 2.75) is 18.9 Å². The second kappa shape index (κ2) is 7.19. The summed E-state index contributed by atoms with van der Waals surface area (Å²) in [5.41, 5.74) is 0.479. The second-order valence-corrected chi connectivity index (χ2v) is 6.98. The molecule has 0 amide bonds. The minimum Gasteiger partial charge on any atom is -0.448 e. The maximum atomic E-state index is 14.1. The molecule has 0 saturated carbocycles. The molecule has 1 N–H and O–H groups in total. The van der Waals surface area contributed by atoms with Crippen molar-refractivity contribution in [2.75, 3.05) is 13.1 Å². The molecule has 6 heteroatoms. The number of carbonyl (C=O) groups is 1. The number of ether oxygens (including phenoxy) is 1. The maximum absolute atomic E-state index is 14.1. The number of quaternary nitrogens is 1. The van der Waals surface area contributed by atoms with Crippen molar-refractivity contribution < 1.29 is 27.6 Å². The molecular weight excluding hydrogens is 355 g/mol. The summed E-state index contributed by atoms with van der Waals surface area (Å²) in [6.45, 7) is 1.74. The molecule has 5 rings (SSSR count). The molecule has 0 aliphatic carbocycles. The van der Waals surface area contributed by atoms with Gasteiger partial charge in [-0.25, -0.2) is 18.0 Å². The van der Waals surface area contributed by atoms with Gasteiger partial charge in [-0.1, -0.05) is 24.3 Å². The number of rotatable bonds is 3. The van der Waals surface area contributed by atoms with Gasteiger partial charge in [-0.2, -0.15) is 0 Å². The Balaban J connectivity index is 1.67. The summed E-state index contributed by atoms with van der Waals surface area (Å²) in [5.74, 6) is -3.22. The summed E-state index contributed by atoms with van der Waals surface area (Å²) in [7, 11) is 0. The molecule has 3 fully saturated rings. The Morgan fingerprint density at radius 1 is 0.963 bits per heavy atom. The maximum Gasteiger partial charge on any atom is 0.344 e. The molecule has 3 nitrogen and oxygen atoms in total. The Labute approximate surface area is 155 Å². The Bertz CT molecular complexity index is 884. The Hall–Kier alpha value is -2.60. The predicted molar refractivity (Wildman–Crippen MR) is 93.4 cm³/mol. The molecule has 1 atom stereocenters. The van der Waals surface area contributed by atoms with E-state index >= 15 is 0 Å². The zero-order chi connectivity index (χ0) is 19.0. The average Bonchev–Trinajstić information content (AvgIpc) is 2.66. The van der Waals surface area contributed by atoms with E-state index in [1.54, 1.807) is 24.3 Å². The fraction of sp³-hybridized carbons (Fsp3) is 0.286. The van der Waals surface area contributed by atoms with Crippen LogP contribution in [0, 0.1) is 23.4 Å². The molecule has 0 unspecified atom stereocenters. The van der Waals surface area contributed by atoms with Crippen LogP contribution in [0.2, 0.25) is 0 Å². The van der Waals surface area contributed by atoms with E-state index in [-0.39, 0.29) is 11.7 Å². The van der Waals surface area contributed by atoms with Gasteiger partial charge in [0.25, 0.3) is 0 Å². The Morgan fingerprint density at radius 2 is 1.59 bits per heavy atom. The lowest BCUT2D eigenvalue weighted by Gasteiger charge is -2.42. The lowest BCUT2D eigenvalue weighted by atomic mass is 9.82. The van der Waals surface area contributed by atoms with Gasteiger partial charge in [0.05, 0.1) is 13.1 Å². The van der Waals surface area contributed by atoms with Crippen molar-refractivity contribution in [3.63, 3.8) is 0 Å². The monoisotopic (exact) mass is 374 g/mol. The van der Waals surface area contributed by atoms with Gasteiger partial charge in [-0.05, 0) is 18.2 Å². The Kier molecular flexibility index (Phi) is 4.74. The number of esters is 1. The molecule has 27 heavy (non-hydrogen) atoms. The van der Waals surface area contributed by atoms with E-state index in [9.17, 15) is 18.0 Å². The standard InChI is InChI=1S/C21H18F3NO2/c22-15-5-2-1-4-14(15)12-18-20(13-8-10-25(18)11-9-13)27-21(26)19-16(23)6-3-7-17(19)24/h1-7,12-13,20H,8-11H2/p+1/b18-12-/t20-/m1/s1. The molecule has 2 aromatic carbocycles. The summed E-state index contributed by atoms with van der Waals surface area (Å²) in [4.78, 5) is 13.6. The zero-order valence-corrected chi connectivity index (χ0v) is 14.6. The van der Waals surface area contributed by atoms with Gasteiger partial charge in [0.1, 0.15) is 28.7 Å². The zero-order valence-electron chi connectivity index (χ0n) is 14.6. The van der Waals surface area contributed by atoms with Gasteiger partial charge in [-0.15, -0.1) is 0 Å². The number of hydrogen-bond donors (Lipinski definition) is 1. The van der Waals surface area contributed by atoms with Crippen LogP contribution in [0.3, 0.4) is 0 Å². The highest BCUT2D eigenvalue weighted by atomic mass is 19.1. The lowest BCUT2D eigenvalue weighted by molar-refractivity contribution is -0.880. The van der Waals surface area contributed by atoms with Crippen molar-refractivity contribution in [2.24, 2.45) is 5.92 Å². The third kappa shape index (κ3) is 3.37. The van der Waals surface area contributed by atoms with Crippen molar-refractivity contribution >= 4 is 12.0 Å². The Morgan fingerprint density at radius 3 is 2.26 bits per heavy atom. The van der Waals surface area contributed by atoms with Gasteiger partial charge in [-0.3, -0.25) is 0 Å². The average molecular weight is 374 g/mol. The van der Waals surface area contributed by atoms with Crippen LogP contribution in [0.5, 0.6) is 0 Å². The van der Waals surface area contributed by atoms with E-state index in [1.165, 1.54) is 12.1 Å². The molecular formula is C21H19F3NO2+. The molecule has 140 valence electrons. The van der Waals surface area contributed by atoms with E-state index in [1.807, 2.05) is 0 Å². The molecule has 3 aliphatic rings. The van der Waals surface area contributed by atoms with Crippen molar-refractivity contribution in [1.29, 1.82) is 0 Å². The highest BCUT2D eigenvalue weighted by Gasteiger charge is 2.45. The summed E-state index contributed by atoms with van der Waals surface area (Å²) >= 11 is 0. The third-order valence-electron chi connectivity index (χ3n) is 5.39. The first kappa shape index (κ1) is 17.8. The van der Waals surface area contributed by atoms with Crippen LogP contribution in [0.25, 0.3) is 6.08 Å². The van der Waals surface area contributed by atoms with Crippen LogP contribution in [-0.2, 0) is 4.74 Å². The molecule has 0 radical (unpaired) electrons. The van der Waals surface area contributed by atoms with Crippen LogP contribution < -0.4 is 4.90 Å². The van der Waals surface area contributed by atoms with Crippen molar-refractivity contribution in [1.82, 2.24) is 0 Å². The van der Waals surface area contributed by atoms with Gasteiger partial charge < -0.3 is 9.64 Å². The minimum absolute atomic E-state index is 0.0688. The number of piperidine rings is 3. The van der Waals surface area contributed by atoms with E-state index < -0.39 is 29.3 Å². The molecule has 3 heterocycles. The number of carbonyl (C=O) groups excluding carboxylic acids is 1. The number of fused-ring (bicyclic) bond motifs is 3. The fourth-order valence-corrected chi connectivity index (χ4v) is 4.01. The molecule has 3 saturated heterocycles. The summed E-state index contributed by atoms with van der Waals surface area (Å²) in [6, 6.07) is 9.61. The smallest absolute Gasteiger partial charge is 0.344 e. The summed E-state index contributed by atoms with van der Waals surface area (Å²) < 4.78 is 47.5. The fourth-order valence-electron chi connectivity index (χ4n) is 4.01. The predicted octanol–water partition coefficient (Wildman–Crippen LogP) is 2.98. The quantitative estimate of drug-likeness (QED) is 0.838. The van der Waals surface area contributed by atoms with Crippen molar-refractivity contribution in [3.05, 3.63) is 76.7 Å². The number of nitrogens with one attached hydrogen (secondary N) is 1. The van der Waals surface area contributed by atoms with Gasteiger partial charge in [0, 0.05) is 30.4 Å². The first-order valence-corrected chi connectivity index (χ1v) is 9.01. The molecule has 0 aromatic heterocycles. The number of benzene rings is 2. The summed E-state index contributed by atoms with van der Waals surface area (Å²) in [6.07, 6.45) is 2.78. The van der Waals surface area contributed by atoms with Crippen LogP contribution in [0.15, 0.2) is 48.2 Å². The SMILES string of the molecule is O=C(O[C@H]1/C(=C/c2ccccc2F)[NH+]2CCC1CC2)c1c(F)cccc1F. The van der Waals surface area contributed by atoms with Crippen LogP contribution in [0.1, 0.15) is 28.8 Å². The first-order valence-electron chi connectivity index (χ1n) is 9.01. The molecule has 3 aliphatic heterocycles. The number of hydrogen-bond acceptors (Lipinski definition) is 2. The van der Waals surface area contributed by atoms with Crippen LogP contribution >= 0.6 is 0 Å². The van der Waals surface area contributed by atoms with Gasteiger partial charge >= 0.3 is 5.97 Å². The van der Waals surface area contributed by atoms with Crippen molar-refractivity contribution in [3.8, 4) is 0 Å². The van der Waals surface area contributed by atoms with E-state index in [0.717, 1.165) is 48.7 Å². The second-order valence-electron chi connectivity index (χ2n) is 6.98. The lowest BCUT2D eigenvalue weighted by Crippen LogP contribution is -3.14. The van der Waals surface area contributed by atoms with Gasteiger partial charge in [0.2, 0.25) is 0 Å². The minimum atomic E-state index is -1.02. The number of halogens is 3. The molecule has 2 bridgehead atoms. The third-order valence-corrected chi connectivity index (χ3v) is 5.39. The highest BCUT2D eigenvalue weighted by molar-refractivity contribution is 5.90. The van der Waals surface area contributed by atoms with E-state index in [0.29, 0.717) is 5.56 Å².